The van der Waals surface area contributed by atoms with Crippen LogP contribution in [0.15, 0.2) is 24.3 Å². The van der Waals surface area contributed by atoms with E-state index >= 15 is 0 Å². The van der Waals surface area contributed by atoms with Crippen molar-refractivity contribution in [2.24, 2.45) is 0 Å². The summed E-state index contributed by atoms with van der Waals surface area (Å²) >= 11 is 0. The van der Waals surface area contributed by atoms with Crippen molar-refractivity contribution in [3.8, 4) is 11.5 Å². The van der Waals surface area contributed by atoms with E-state index in [1.54, 1.807) is 12.0 Å². The third-order valence-electron chi connectivity index (χ3n) is 3.97. The van der Waals surface area contributed by atoms with Gasteiger partial charge in [0.1, 0.15) is 0 Å². The highest BCUT2D eigenvalue weighted by atomic mass is 16.7. The second-order valence-electron chi connectivity index (χ2n) is 5.66. The van der Waals surface area contributed by atoms with Gasteiger partial charge < -0.3 is 24.4 Å². The maximum absolute atomic E-state index is 12.2. The molecule has 2 aliphatic heterocycles. The van der Waals surface area contributed by atoms with Crippen LogP contribution in [0.3, 0.4) is 0 Å². The zero-order valence-electron chi connectivity index (χ0n) is 12.8. The number of unbranched alkanes of at least 4 members (excludes halogenated alkanes) is 1. The lowest BCUT2D eigenvalue weighted by Gasteiger charge is -2.23. The number of fused-ring (bicyclic) bond motifs is 1. The lowest BCUT2D eigenvalue weighted by molar-refractivity contribution is -0.0650. The molecule has 1 saturated heterocycles. The van der Waals surface area contributed by atoms with E-state index in [9.17, 15) is 4.79 Å². The van der Waals surface area contributed by atoms with Crippen molar-refractivity contribution < 1.29 is 19.0 Å². The Bertz CT molecular complexity index is 510. The molecule has 1 aromatic rings. The Balaban J connectivity index is 1.48. The topological polar surface area (TPSA) is 60.0 Å². The van der Waals surface area contributed by atoms with E-state index in [0.717, 1.165) is 30.9 Å². The average molecular weight is 306 g/mol. The number of nitrogens with one attached hydrogen (secondary N) is 1. The van der Waals surface area contributed by atoms with Gasteiger partial charge >= 0.3 is 6.03 Å². The molecule has 0 unspecified atom stereocenters. The van der Waals surface area contributed by atoms with Gasteiger partial charge in [0, 0.05) is 33.2 Å². The van der Waals surface area contributed by atoms with Crippen molar-refractivity contribution in [1.82, 2.24) is 10.2 Å². The van der Waals surface area contributed by atoms with E-state index in [0.29, 0.717) is 26.1 Å². The van der Waals surface area contributed by atoms with Crippen LogP contribution in [0.4, 0.5) is 4.79 Å². The van der Waals surface area contributed by atoms with Gasteiger partial charge in [-0.3, -0.25) is 0 Å². The minimum atomic E-state index is -0.711. The molecule has 0 bridgehead atoms. The van der Waals surface area contributed by atoms with E-state index in [-0.39, 0.29) is 6.03 Å². The SMILES string of the molecule is COCCCCNC(=O)N1CCC2(C1)Oc1ccccc1O2. The van der Waals surface area contributed by atoms with Crippen molar-refractivity contribution in [3.05, 3.63) is 24.3 Å². The molecule has 0 saturated carbocycles. The first kappa shape index (κ1) is 15.0. The first-order valence-electron chi connectivity index (χ1n) is 7.71. The highest BCUT2D eigenvalue weighted by molar-refractivity contribution is 5.74. The molecule has 2 amide bonds. The highest BCUT2D eigenvalue weighted by Gasteiger charge is 2.48. The fourth-order valence-electron chi connectivity index (χ4n) is 2.81. The predicted molar refractivity (Wildman–Crippen MR) is 81.1 cm³/mol. The summed E-state index contributed by atoms with van der Waals surface area (Å²) in [6, 6.07) is 7.56. The first-order chi connectivity index (χ1) is 10.7. The standard InChI is InChI=1S/C16H22N2O4/c1-20-11-5-4-9-17-15(19)18-10-8-16(12-18)21-13-6-2-3-7-14(13)22-16/h2-3,6-7H,4-5,8-12H2,1H3,(H,17,19). The van der Waals surface area contributed by atoms with E-state index in [2.05, 4.69) is 5.32 Å². The Morgan fingerprint density at radius 2 is 2.05 bits per heavy atom. The maximum Gasteiger partial charge on any atom is 0.317 e. The molecule has 1 N–H and O–H groups in total. The molecule has 1 spiro atoms. The Morgan fingerprint density at radius 3 is 2.73 bits per heavy atom. The summed E-state index contributed by atoms with van der Waals surface area (Å²) in [6.45, 7) is 2.47. The summed E-state index contributed by atoms with van der Waals surface area (Å²) in [4.78, 5) is 13.9. The normalized spacial score (nSPS) is 18.0. The van der Waals surface area contributed by atoms with Crippen molar-refractivity contribution in [2.75, 3.05) is 33.4 Å². The molecule has 0 atom stereocenters. The van der Waals surface area contributed by atoms with Crippen molar-refractivity contribution >= 4 is 6.03 Å². The second-order valence-corrected chi connectivity index (χ2v) is 5.66. The zero-order chi connectivity index (χ0) is 15.4. The van der Waals surface area contributed by atoms with Crippen LogP contribution in [0.1, 0.15) is 19.3 Å². The van der Waals surface area contributed by atoms with E-state index in [1.807, 2.05) is 24.3 Å². The minimum absolute atomic E-state index is 0.0579. The second kappa shape index (κ2) is 6.44. The number of hydrogen-bond acceptors (Lipinski definition) is 4. The van der Waals surface area contributed by atoms with Gasteiger partial charge in [0.05, 0.1) is 6.54 Å². The van der Waals surface area contributed by atoms with Crippen molar-refractivity contribution in [3.63, 3.8) is 0 Å². The van der Waals surface area contributed by atoms with Gasteiger partial charge in [0.2, 0.25) is 0 Å². The largest absolute Gasteiger partial charge is 0.447 e. The fraction of sp³-hybridized carbons (Fsp3) is 0.562. The molecule has 2 aliphatic rings. The lowest BCUT2D eigenvalue weighted by atomic mass is 10.2. The van der Waals surface area contributed by atoms with Crippen LogP contribution in [-0.2, 0) is 4.74 Å². The van der Waals surface area contributed by atoms with Crippen LogP contribution in [0.2, 0.25) is 0 Å². The molecule has 0 radical (unpaired) electrons. The molecular formula is C16H22N2O4. The Hall–Kier alpha value is -1.95. The van der Waals surface area contributed by atoms with Gasteiger partial charge in [-0.1, -0.05) is 12.1 Å². The number of likely N-dealkylation sites (tertiary alicyclic amines) is 1. The molecule has 2 heterocycles. The molecule has 6 nitrogen and oxygen atoms in total. The number of urea groups is 1. The quantitative estimate of drug-likeness (QED) is 0.845. The van der Waals surface area contributed by atoms with Crippen LogP contribution in [0.25, 0.3) is 0 Å². The van der Waals surface area contributed by atoms with E-state index in [1.165, 1.54) is 0 Å². The van der Waals surface area contributed by atoms with Crippen LogP contribution in [0, 0.1) is 0 Å². The fourth-order valence-corrected chi connectivity index (χ4v) is 2.81. The summed E-state index contributed by atoms with van der Waals surface area (Å²) < 4.78 is 16.9. The molecule has 1 fully saturated rings. The summed E-state index contributed by atoms with van der Waals surface area (Å²) in [5, 5.41) is 2.93. The number of nitrogens with zero attached hydrogens (tertiary/aromatic N) is 1. The van der Waals surface area contributed by atoms with Crippen molar-refractivity contribution in [1.29, 1.82) is 0 Å². The first-order valence-corrected chi connectivity index (χ1v) is 7.71. The molecule has 1 aromatic carbocycles. The molecule has 22 heavy (non-hydrogen) atoms. The Labute approximate surface area is 130 Å². The van der Waals surface area contributed by atoms with Gasteiger partial charge in [0.15, 0.2) is 11.5 Å². The number of methoxy groups -OCH3 is 1. The van der Waals surface area contributed by atoms with Gasteiger partial charge in [-0.15, -0.1) is 0 Å². The molecule has 3 rings (SSSR count). The summed E-state index contributed by atoms with van der Waals surface area (Å²) in [5.41, 5.74) is 0. The number of para-hydroxylation sites is 2. The molecule has 6 heteroatoms. The monoisotopic (exact) mass is 306 g/mol. The summed E-state index contributed by atoms with van der Waals surface area (Å²) in [5.74, 6) is 0.797. The smallest absolute Gasteiger partial charge is 0.317 e. The maximum atomic E-state index is 12.2. The van der Waals surface area contributed by atoms with Crippen molar-refractivity contribution in [2.45, 2.75) is 25.0 Å². The summed E-state index contributed by atoms with van der Waals surface area (Å²) in [7, 11) is 1.68. The van der Waals surface area contributed by atoms with Crippen LogP contribution >= 0.6 is 0 Å². The Kier molecular flexibility index (Phi) is 4.38. The lowest BCUT2D eigenvalue weighted by Crippen LogP contribution is -2.45. The third kappa shape index (κ3) is 3.11. The molecule has 0 aromatic heterocycles. The Morgan fingerprint density at radius 1 is 1.32 bits per heavy atom. The molecular weight excluding hydrogens is 284 g/mol. The minimum Gasteiger partial charge on any atom is -0.447 e. The van der Waals surface area contributed by atoms with Crippen LogP contribution in [0.5, 0.6) is 11.5 Å². The van der Waals surface area contributed by atoms with Gasteiger partial charge in [-0.2, -0.15) is 0 Å². The molecule has 0 aliphatic carbocycles. The van der Waals surface area contributed by atoms with Crippen LogP contribution in [-0.4, -0.2) is 50.1 Å². The number of hydrogen-bond donors (Lipinski definition) is 1. The predicted octanol–water partition coefficient (Wildman–Crippen LogP) is 2.00. The van der Waals surface area contributed by atoms with Gasteiger partial charge in [0.25, 0.3) is 5.79 Å². The number of rotatable bonds is 5. The number of ether oxygens (including phenoxy) is 3. The number of benzene rings is 1. The van der Waals surface area contributed by atoms with Gasteiger partial charge in [-0.05, 0) is 25.0 Å². The van der Waals surface area contributed by atoms with Crippen LogP contribution < -0.4 is 14.8 Å². The number of carbonyl (C=O) groups excluding carboxylic acids is 1. The summed E-state index contributed by atoms with van der Waals surface area (Å²) in [6.07, 6.45) is 2.54. The number of amides is 2. The third-order valence-corrected chi connectivity index (χ3v) is 3.97. The average Bonchev–Trinajstić information content (AvgIpc) is 3.10. The highest BCUT2D eigenvalue weighted by Crippen LogP contribution is 2.42. The number of carbonyl (C=O) groups is 1. The van der Waals surface area contributed by atoms with Gasteiger partial charge in [-0.25, -0.2) is 4.79 Å². The zero-order valence-corrected chi connectivity index (χ0v) is 12.8. The van der Waals surface area contributed by atoms with E-state index < -0.39 is 5.79 Å². The van der Waals surface area contributed by atoms with E-state index in [4.69, 9.17) is 14.2 Å². The molecule has 120 valence electrons.